The summed E-state index contributed by atoms with van der Waals surface area (Å²) in [6, 6.07) is 13.9. The van der Waals surface area contributed by atoms with Crippen molar-refractivity contribution in [3.8, 4) is 22.8 Å². The standard InChI is InChI=1S/C22H19ClN4O4/c1-30-16-7-8-20(31-2)18(11-16)24-21(28)13-26-9-10-27-19(22(26)29)12-17(25-27)14-3-5-15(23)6-4-14/h3-12H,13H2,1-2H3,(H,24,28). The van der Waals surface area contributed by atoms with E-state index >= 15 is 0 Å². The third-order valence-electron chi connectivity index (χ3n) is 4.74. The van der Waals surface area contributed by atoms with Crippen molar-refractivity contribution in [2.24, 2.45) is 0 Å². The molecular weight excluding hydrogens is 420 g/mol. The van der Waals surface area contributed by atoms with Crippen molar-refractivity contribution in [3.63, 3.8) is 0 Å². The van der Waals surface area contributed by atoms with Crippen molar-refractivity contribution >= 4 is 28.7 Å². The lowest BCUT2D eigenvalue weighted by Crippen LogP contribution is -2.28. The maximum atomic E-state index is 12.9. The van der Waals surface area contributed by atoms with E-state index in [0.717, 1.165) is 5.56 Å². The molecule has 31 heavy (non-hydrogen) atoms. The van der Waals surface area contributed by atoms with Crippen LogP contribution in [0.25, 0.3) is 16.8 Å². The molecule has 9 heteroatoms. The minimum absolute atomic E-state index is 0.169. The van der Waals surface area contributed by atoms with Gasteiger partial charge in [-0.25, -0.2) is 4.52 Å². The van der Waals surface area contributed by atoms with E-state index in [1.807, 2.05) is 12.1 Å². The maximum absolute atomic E-state index is 12.9. The minimum atomic E-state index is -0.379. The van der Waals surface area contributed by atoms with Crippen molar-refractivity contribution in [2.45, 2.75) is 6.54 Å². The normalized spacial score (nSPS) is 10.8. The molecule has 0 saturated heterocycles. The molecule has 158 valence electrons. The number of rotatable bonds is 6. The number of anilines is 1. The molecule has 2 aromatic heterocycles. The number of aromatic nitrogens is 3. The van der Waals surface area contributed by atoms with Crippen LogP contribution < -0.4 is 20.3 Å². The van der Waals surface area contributed by atoms with E-state index in [1.54, 1.807) is 42.6 Å². The zero-order chi connectivity index (χ0) is 22.0. The van der Waals surface area contributed by atoms with Gasteiger partial charge >= 0.3 is 0 Å². The second-order valence-electron chi connectivity index (χ2n) is 6.71. The highest BCUT2D eigenvalue weighted by atomic mass is 35.5. The molecule has 0 bridgehead atoms. The van der Waals surface area contributed by atoms with E-state index in [4.69, 9.17) is 21.1 Å². The summed E-state index contributed by atoms with van der Waals surface area (Å²) in [4.78, 5) is 25.5. The lowest BCUT2D eigenvalue weighted by Gasteiger charge is -2.12. The van der Waals surface area contributed by atoms with E-state index in [1.165, 1.54) is 29.5 Å². The molecule has 4 aromatic rings. The Bertz CT molecular complexity index is 1310. The average molecular weight is 439 g/mol. The number of carbonyl (C=O) groups excluding carboxylic acids is 1. The van der Waals surface area contributed by atoms with Crippen LogP contribution in [0.2, 0.25) is 5.02 Å². The fourth-order valence-corrected chi connectivity index (χ4v) is 3.29. The first-order chi connectivity index (χ1) is 15.0. The van der Waals surface area contributed by atoms with Crippen LogP contribution in [0.4, 0.5) is 5.69 Å². The van der Waals surface area contributed by atoms with Crippen molar-refractivity contribution in [1.82, 2.24) is 14.2 Å². The zero-order valence-corrected chi connectivity index (χ0v) is 17.6. The maximum Gasteiger partial charge on any atom is 0.277 e. The topological polar surface area (TPSA) is 86.9 Å². The summed E-state index contributed by atoms with van der Waals surface area (Å²) in [5.74, 6) is 0.680. The van der Waals surface area contributed by atoms with E-state index < -0.39 is 0 Å². The molecule has 0 spiro atoms. The fraction of sp³-hybridized carbons (Fsp3) is 0.136. The SMILES string of the molecule is COc1ccc(OC)c(NC(=O)Cn2ccn3nc(-c4ccc(Cl)cc4)cc3c2=O)c1. The van der Waals surface area contributed by atoms with Gasteiger partial charge in [-0.1, -0.05) is 23.7 Å². The first-order valence-corrected chi connectivity index (χ1v) is 9.73. The van der Waals surface area contributed by atoms with Crippen LogP contribution in [0.1, 0.15) is 0 Å². The van der Waals surface area contributed by atoms with Crippen molar-refractivity contribution in [3.05, 3.63) is 76.3 Å². The van der Waals surface area contributed by atoms with Gasteiger partial charge in [0.05, 0.1) is 25.6 Å². The summed E-state index contributed by atoms with van der Waals surface area (Å²) in [6.07, 6.45) is 3.16. The van der Waals surface area contributed by atoms with Gasteiger partial charge in [0, 0.05) is 29.0 Å². The number of methoxy groups -OCH3 is 2. The molecule has 0 radical (unpaired) electrons. The lowest BCUT2D eigenvalue weighted by atomic mass is 10.1. The van der Waals surface area contributed by atoms with Gasteiger partial charge in [0.25, 0.3) is 5.56 Å². The van der Waals surface area contributed by atoms with Crippen molar-refractivity contribution < 1.29 is 14.3 Å². The van der Waals surface area contributed by atoms with Gasteiger partial charge in [0.1, 0.15) is 23.6 Å². The summed E-state index contributed by atoms with van der Waals surface area (Å²) >= 11 is 5.93. The Hall–Kier alpha value is -3.78. The van der Waals surface area contributed by atoms with Crippen LogP contribution in [-0.2, 0) is 11.3 Å². The number of ether oxygens (including phenoxy) is 2. The zero-order valence-electron chi connectivity index (χ0n) is 16.8. The smallest absolute Gasteiger partial charge is 0.277 e. The number of halogens is 1. The minimum Gasteiger partial charge on any atom is -0.497 e. The second kappa shape index (κ2) is 8.53. The average Bonchev–Trinajstić information content (AvgIpc) is 3.21. The molecule has 0 saturated carbocycles. The second-order valence-corrected chi connectivity index (χ2v) is 7.15. The number of hydrogen-bond acceptors (Lipinski definition) is 5. The van der Waals surface area contributed by atoms with Crippen LogP contribution in [0.15, 0.2) is 65.7 Å². The van der Waals surface area contributed by atoms with E-state index in [9.17, 15) is 9.59 Å². The molecule has 8 nitrogen and oxygen atoms in total. The summed E-state index contributed by atoms with van der Waals surface area (Å²) in [6.45, 7) is -0.169. The highest BCUT2D eigenvalue weighted by molar-refractivity contribution is 6.30. The molecule has 4 rings (SSSR count). The molecule has 1 amide bonds. The molecule has 2 aromatic carbocycles. The summed E-state index contributed by atoms with van der Waals surface area (Å²) in [5, 5.41) is 7.81. The third kappa shape index (κ3) is 4.24. The van der Waals surface area contributed by atoms with Crippen molar-refractivity contribution in [1.29, 1.82) is 0 Å². The van der Waals surface area contributed by atoms with Crippen molar-refractivity contribution in [2.75, 3.05) is 19.5 Å². The van der Waals surface area contributed by atoms with Gasteiger partial charge in [-0.15, -0.1) is 0 Å². The van der Waals surface area contributed by atoms with Gasteiger partial charge in [-0.2, -0.15) is 5.10 Å². The van der Waals surface area contributed by atoms with Crippen LogP contribution in [-0.4, -0.2) is 34.3 Å². The van der Waals surface area contributed by atoms with Gasteiger partial charge in [-0.05, 0) is 30.3 Å². The van der Waals surface area contributed by atoms with Gasteiger partial charge < -0.3 is 19.4 Å². The molecule has 0 aliphatic carbocycles. The van der Waals surface area contributed by atoms with Crippen LogP contribution in [0, 0.1) is 0 Å². The summed E-state index contributed by atoms with van der Waals surface area (Å²) in [5.41, 5.74) is 1.96. The number of carbonyl (C=O) groups is 1. The van der Waals surface area contributed by atoms with Crippen LogP contribution in [0.5, 0.6) is 11.5 Å². The van der Waals surface area contributed by atoms with Crippen LogP contribution in [0.3, 0.4) is 0 Å². The highest BCUT2D eigenvalue weighted by Crippen LogP contribution is 2.28. The number of benzene rings is 2. The molecule has 0 aliphatic heterocycles. The Balaban J connectivity index is 1.59. The summed E-state index contributed by atoms with van der Waals surface area (Å²) in [7, 11) is 3.04. The predicted molar refractivity (Wildman–Crippen MR) is 118 cm³/mol. The Morgan fingerprint density at radius 3 is 2.55 bits per heavy atom. The lowest BCUT2D eigenvalue weighted by molar-refractivity contribution is -0.116. The molecule has 2 heterocycles. The number of hydrogen-bond donors (Lipinski definition) is 1. The Morgan fingerprint density at radius 1 is 1.06 bits per heavy atom. The molecule has 0 atom stereocenters. The quantitative estimate of drug-likeness (QED) is 0.498. The summed E-state index contributed by atoms with van der Waals surface area (Å²) < 4.78 is 13.3. The molecule has 1 N–H and O–H groups in total. The van der Waals surface area contributed by atoms with Gasteiger partial charge in [0.15, 0.2) is 0 Å². The predicted octanol–water partition coefficient (Wildman–Crippen LogP) is 3.47. The molecular formula is C22H19ClN4O4. The monoisotopic (exact) mass is 438 g/mol. The largest absolute Gasteiger partial charge is 0.497 e. The highest BCUT2D eigenvalue weighted by Gasteiger charge is 2.13. The Labute approximate surface area is 182 Å². The first-order valence-electron chi connectivity index (χ1n) is 9.35. The third-order valence-corrected chi connectivity index (χ3v) is 4.99. The Kier molecular flexibility index (Phi) is 5.64. The van der Waals surface area contributed by atoms with E-state index in [-0.39, 0.29) is 18.0 Å². The van der Waals surface area contributed by atoms with Gasteiger partial charge in [-0.3, -0.25) is 9.59 Å². The first kappa shape index (κ1) is 20.5. The number of amides is 1. The van der Waals surface area contributed by atoms with E-state index in [2.05, 4.69) is 10.4 Å². The number of nitrogens with zero attached hydrogens (tertiary/aromatic N) is 3. The Morgan fingerprint density at radius 2 is 1.84 bits per heavy atom. The van der Waals surface area contributed by atoms with Crippen LogP contribution >= 0.6 is 11.6 Å². The van der Waals surface area contributed by atoms with Gasteiger partial charge in [0.2, 0.25) is 5.91 Å². The fourth-order valence-electron chi connectivity index (χ4n) is 3.17. The number of fused-ring (bicyclic) bond motifs is 1. The molecule has 0 unspecified atom stereocenters. The molecule has 0 fully saturated rings. The molecule has 0 aliphatic rings. The number of nitrogens with one attached hydrogen (secondary N) is 1. The van der Waals surface area contributed by atoms with E-state index in [0.29, 0.717) is 33.4 Å².